The van der Waals surface area contributed by atoms with E-state index in [1.165, 1.54) is 16.9 Å². The van der Waals surface area contributed by atoms with Crippen LogP contribution in [0.5, 0.6) is 11.5 Å². The van der Waals surface area contributed by atoms with Gasteiger partial charge in [-0.15, -0.1) is 0 Å². The van der Waals surface area contributed by atoms with Crippen LogP contribution in [0, 0.1) is 0 Å². The Bertz CT molecular complexity index is 1020. The van der Waals surface area contributed by atoms with Gasteiger partial charge in [0.2, 0.25) is 5.91 Å². The molecule has 0 fully saturated rings. The minimum atomic E-state index is -0.0723. The van der Waals surface area contributed by atoms with Crippen LogP contribution in [0.1, 0.15) is 25.3 Å². The van der Waals surface area contributed by atoms with Crippen molar-refractivity contribution < 1.29 is 14.3 Å². The van der Waals surface area contributed by atoms with E-state index in [-0.39, 0.29) is 5.91 Å². The first-order valence-corrected chi connectivity index (χ1v) is 10.1. The standard InChI is InChI=1S/C21H22N2O3S/c1-2-23-16-13-17-18(26-12-11-25-17)14-19(16)27-21(23)22-20(24)10-6-9-15-7-4-3-5-8-15/h3-5,7-8,13-14H,2,6,9-12H2,1H3. The van der Waals surface area contributed by atoms with E-state index in [4.69, 9.17) is 9.47 Å². The molecule has 0 saturated heterocycles. The second-order valence-corrected chi connectivity index (χ2v) is 7.45. The van der Waals surface area contributed by atoms with Crippen LogP contribution in [0.2, 0.25) is 0 Å². The number of nitrogens with zero attached hydrogens (tertiary/aromatic N) is 2. The molecule has 0 saturated carbocycles. The van der Waals surface area contributed by atoms with Gasteiger partial charge >= 0.3 is 0 Å². The maximum Gasteiger partial charge on any atom is 0.248 e. The quantitative estimate of drug-likeness (QED) is 0.671. The third-order valence-corrected chi connectivity index (χ3v) is 5.62. The summed E-state index contributed by atoms with van der Waals surface area (Å²) in [6.45, 7) is 3.93. The fourth-order valence-corrected chi connectivity index (χ4v) is 4.37. The molecule has 6 heteroatoms. The predicted molar refractivity (Wildman–Crippen MR) is 106 cm³/mol. The number of thiazole rings is 1. The van der Waals surface area contributed by atoms with E-state index in [9.17, 15) is 4.79 Å². The molecule has 0 unspecified atom stereocenters. The number of carbonyl (C=O) groups excluding carboxylic acids is 1. The number of amides is 1. The Balaban J connectivity index is 1.55. The highest BCUT2D eigenvalue weighted by Crippen LogP contribution is 2.35. The van der Waals surface area contributed by atoms with Gasteiger partial charge in [0.1, 0.15) is 13.2 Å². The van der Waals surface area contributed by atoms with Crippen LogP contribution >= 0.6 is 11.3 Å². The van der Waals surface area contributed by atoms with Crippen LogP contribution < -0.4 is 14.3 Å². The number of hydrogen-bond acceptors (Lipinski definition) is 4. The van der Waals surface area contributed by atoms with Crippen molar-refractivity contribution in [3.8, 4) is 11.5 Å². The second kappa shape index (κ2) is 7.96. The summed E-state index contributed by atoms with van der Waals surface area (Å²) in [4.78, 5) is 17.5. The second-order valence-electron chi connectivity index (χ2n) is 6.44. The van der Waals surface area contributed by atoms with E-state index in [1.807, 2.05) is 30.3 Å². The fraction of sp³-hybridized carbons (Fsp3) is 0.333. The minimum Gasteiger partial charge on any atom is -0.486 e. The molecule has 1 amide bonds. The minimum absolute atomic E-state index is 0.0723. The summed E-state index contributed by atoms with van der Waals surface area (Å²) >= 11 is 1.52. The van der Waals surface area contributed by atoms with Gasteiger partial charge in [0, 0.05) is 25.1 Å². The van der Waals surface area contributed by atoms with Crippen molar-refractivity contribution in [1.29, 1.82) is 0 Å². The molecule has 0 aliphatic carbocycles. The number of carbonyl (C=O) groups is 1. The van der Waals surface area contributed by atoms with Crippen molar-refractivity contribution in [1.82, 2.24) is 4.57 Å². The first-order valence-electron chi connectivity index (χ1n) is 9.29. The predicted octanol–water partition coefficient (Wildman–Crippen LogP) is 3.94. The number of hydrogen-bond donors (Lipinski definition) is 0. The number of fused-ring (bicyclic) bond motifs is 2. The summed E-state index contributed by atoms with van der Waals surface area (Å²) in [6.07, 6.45) is 2.15. The molecule has 5 nitrogen and oxygen atoms in total. The smallest absolute Gasteiger partial charge is 0.248 e. The monoisotopic (exact) mass is 382 g/mol. The number of aromatic nitrogens is 1. The number of rotatable bonds is 5. The molecule has 2 aromatic carbocycles. The highest BCUT2D eigenvalue weighted by molar-refractivity contribution is 7.16. The van der Waals surface area contributed by atoms with E-state index in [2.05, 4.69) is 28.6 Å². The Hall–Kier alpha value is -2.60. The summed E-state index contributed by atoms with van der Waals surface area (Å²) in [5, 5.41) is 0. The van der Waals surface area contributed by atoms with Crippen molar-refractivity contribution >= 4 is 27.5 Å². The molecule has 3 aromatic rings. The van der Waals surface area contributed by atoms with Crippen molar-refractivity contribution in [2.24, 2.45) is 4.99 Å². The van der Waals surface area contributed by atoms with E-state index in [1.54, 1.807) is 0 Å². The highest BCUT2D eigenvalue weighted by atomic mass is 32.1. The average molecular weight is 382 g/mol. The van der Waals surface area contributed by atoms with Crippen LogP contribution in [0.15, 0.2) is 47.5 Å². The lowest BCUT2D eigenvalue weighted by molar-refractivity contribution is -0.118. The Labute approximate surface area is 161 Å². The van der Waals surface area contributed by atoms with Crippen LogP contribution in [0.25, 0.3) is 10.2 Å². The maximum atomic E-state index is 12.4. The molecule has 0 N–H and O–H groups in total. The molecule has 2 heterocycles. The molecule has 0 atom stereocenters. The van der Waals surface area contributed by atoms with Crippen LogP contribution in [0.4, 0.5) is 0 Å². The molecule has 140 valence electrons. The zero-order valence-electron chi connectivity index (χ0n) is 15.3. The van der Waals surface area contributed by atoms with Crippen molar-refractivity contribution in [3.63, 3.8) is 0 Å². The van der Waals surface area contributed by atoms with Gasteiger partial charge in [-0.1, -0.05) is 41.7 Å². The molecule has 1 aliphatic rings. The zero-order chi connectivity index (χ0) is 18.6. The first kappa shape index (κ1) is 17.8. The summed E-state index contributed by atoms with van der Waals surface area (Å²) < 4.78 is 14.5. The van der Waals surface area contributed by atoms with E-state index in [0.29, 0.717) is 19.6 Å². The summed E-state index contributed by atoms with van der Waals surface area (Å²) in [7, 11) is 0. The molecular weight excluding hydrogens is 360 g/mol. The highest BCUT2D eigenvalue weighted by Gasteiger charge is 2.16. The largest absolute Gasteiger partial charge is 0.486 e. The zero-order valence-corrected chi connectivity index (χ0v) is 16.1. The number of aryl methyl sites for hydroxylation is 2. The van der Waals surface area contributed by atoms with Crippen LogP contribution in [-0.2, 0) is 17.8 Å². The molecule has 1 aromatic heterocycles. The molecule has 0 radical (unpaired) electrons. The molecule has 1 aliphatic heterocycles. The van der Waals surface area contributed by atoms with Crippen molar-refractivity contribution in [2.75, 3.05) is 13.2 Å². The number of benzene rings is 2. The maximum absolute atomic E-state index is 12.4. The Morgan fingerprint density at radius 2 is 1.89 bits per heavy atom. The molecule has 4 rings (SSSR count). The third kappa shape index (κ3) is 3.90. The lowest BCUT2D eigenvalue weighted by Crippen LogP contribution is -2.17. The topological polar surface area (TPSA) is 52.8 Å². The molecular formula is C21H22N2O3S. The van der Waals surface area contributed by atoms with Crippen molar-refractivity contribution in [3.05, 3.63) is 52.8 Å². The SMILES string of the molecule is CCn1c(=NC(=O)CCCc2ccccc2)sc2cc3c(cc21)OCCO3. The molecule has 0 bridgehead atoms. The van der Waals surface area contributed by atoms with Gasteiger partial charge in [0.25, 0.3) is 0 Å². The van der Waals surface area contributed by atoms with Gasteiger partial charge in [-0.25, -0.2) is 0 Å². The van der Waals surface area contributed by atoms with Crippen LogP contribution in [-0.4, -0.2) is 23.7 Å². The van der Waals surface area contributed by atoms with Gasteiger partial charge < -0.3 is 14.0 Å². The summed E-state index contributed by atoms with van der Waals surface area (Å²) in [5.41, 5.74) is 2.28. The molecule has 27 heavy (non-hydrogen) atoms. The van der Waals surface area contributed by atoms with Gasteiger partial charge in [-0.05, 0) is 25.3 Å². The first-order chi connectivity index (χ1) is 13.2. The fourth-order valence-electron chi connectivity index (χ4n) is 3.25. The summed E-state index contributed by atoms with van der Waals surface area (Å²) in [6, 6.07) is 14.2. The molecule has 0 spiro atoms. The van der Waals surface area contributed by atoms with Crippen molar-refractivity contribution in [2.45, 2.75) is 32.7 Å². The normalized spacial score (nSPS) is 13.9. The van der Waals surface area contributed by atoms with Gasteiger partial charge in [0.15, 0.2) is 16.3 Å². The lowest BCUT2D eigenvalue weighted by atomic mass is 10.1. The average Bonchev–Trinajstić information content (AvgIpc) is 3.02. The van der Waals surface area contributed by atoms with Gasteiger partial charge in [-0.3, -0.25) is 4.79 Å². The van der Waals surface area contributed by atoms with Crippen LogP contribution in [0.3, 0.4) is 0 Å². The Morgan fingerprint density at radius 1 is 1.15 bits per heavy atom. The third-order valence-electron chi connectivity index (χ3n) is 4.58. The summed E-state index contributed by atoms with van der Waals surface area (Å²) in [5.74, 6) is 1.45. The Morgan fingerprint density at radius 3 is 2.63 bits per heavy atom. The lowest BCUT2D eigenvalue weighted by Gasteiger charge is -2.18. The van der Waals surface area contributed by atoms with E-state index in [0.717, 1.165) is 45.9 Å². The van der Waals surface area contributed by atoms with Gasteiger partial charge in [-0.2, -0.15) is 4.99 Å². The Kier molecular flexibility index (Phi) is 5.25. The van der Waals surface area contributed by atoms with E-state index < -0.39 is 0 Å². The van der Waals surface area contributed by atoms with Gasteiger partial charge in [0.05, 0.1) is 10.2 Å². The van der Waals surface area contributed by atoms with E-state index >= 15 is 0 Å². The number of ether oxygens (including phenoxy) is 2.